The van der Waals surface area contributed by atoms with Gasteiger partial charge in [0.1, 0.15) is 11.3 Å². The first kappa shape index (κ1) is 20.2. The molecule has 1 N–H and O–H groups in total. The van der Waals surface area contributed by atoms with Crippen molar-refractivity contribution in [3.8, 4) is 5.75 Å². The van der Waals surface area contributed by atoms with E-state index in [9.17, 15) is 9.59 Å². The van der Waals surface area contributed by atoms with E-state index in [1.54, 1.807) is 7.11 Å². The number of ether oxygens (including phenoxy) is 1. The number of nitrogens with zero attached hydrogens (tertiary/aromatic N) is 2. The molecule has 2 aliphatic heterocycles. The Hall–Kier alpha value is -2.08. The van der Waals surface area contributed by atoms with Gasteiger partial charge in [-0.1, -0.05) is 32.9 Å². The SMILES string of the molecule is COc1ccc(C2CCN(CN3C(=O)NC4(CC(C)CC(C)(C)C4)C3=O)C2)cc1. The van der Waals surface area contributed by atoms with Crippen LogP contribution in [-0.2, 0) is 4.79 Å². The first-order valence-electron chi connectivity index (χ1n) is 10.7. The number of imide groups is 1. The zero-order valence-corrected chi connectivity index (χ0v) is 18.0. The molecule has 1 aromatic rings. The number of amides is 3. The monoisotopic (exact) mass is 399 g/mol. The first-order valence-corrected chi connectivity index (χ1v) is 10.7. The third-order valence-electron chi connectivity index (χ3n) is 6.83. The lowest BCUT2D eigenvalue weighted by Crippen LogP contribution is -2.54. The van der Waals surface area contributed by atoms with E-state index in [1.807, 2.05) is 12.1 Å². The number of rotatable bonds is 4. The summed E-state index contributed by atoms with van der Waals surface area (Å²) in [5.74, 6) is 1.67. The number of carbonyl (C=O) groups is 2. The summed E-state index contributed by atoms with van der Waals surface area (Å²) in [5.41, 5.74) is 0.627. The maximum atomic E-state index is 13.3. The van der Waals surface area contributed by atoms with E-state index in [4.69, 9.17) is 4.74 Å². The van der Waals surface area contributed by atoms with Crippen LogP contribution < -0.4 is 10.1 Å². The Kier molecular flexibility index (Phi) is 5.09. The summed E-state index contributed by atoms with van der Waals surface area (Å²) in [5, 5.41) is 3.08. The molecule has 1 saturated carbocycles. The lowest BCUT2D eigenvalue weighted by molar-refractivity contribution is -0.136. The molecule has 29 heavy (non-hydrogen) atoms. The van der Waals surface area contributed by atoms with Crippen molar-refractivity contribution in [3.05, 3.63) is 29.8 Å². The molecule has 1 aromatic carbocycles. The van der Waals surface area contributed by atoms with E-state index in [0.717, 1.165) is 44.5 Å². The summed E-state index contributed by atoms with van der Waals surface area (Å²) in [4.78, 5) is 29.8. The van der Waals surface area contributed by atoms with Gasteiger partial charge in [-0.3, -0.25) is 9.69 Å². The van der Waals surface area contributed by atoms with Gasteiger partial charge in [-0.2, -0.15) is 0 Å². The van der Waals surface area contributed by atoms with Crippen molar-refractivity contribution < 1.29 is 14.3 Å². The molecule has 3 aliphatic rings. The second-order valence-corrected chi connectivity index (χ2v) is 10.1. The Labute approximate surface area is 173 Å². The van der Waals surface area contributed by atoms with Crippen molar-refractivity contribution >= 4 is 11.9 Å². The average Bonchev–Trinajstić information content (AvgIpc) is 3.19. The zero-order valence-electron chi connectivity index (χ0n) is 18.0. The number of hydrogen-bond donors (Lipinski definition) is 1. The molecule has 0 radical (unpaired) electrons. The van der Waals surface area contributed by atoms with E-state index in [1.165, 1.54) is 10.5 Å². The van der Waals surface area contributed by atoms with Gasteiger partial charge in [-0.05, 0) is 60.6 Å². The van der Waals surface area contributed by atoms with Gasteiger partial charge in [0.2, 0.25) is 0 Å². The number of nitrogens with one attached hydrogen (secondary N) is 1. The van der Waals surface area contributed by atoms with Gasteiger partial charge in [-0.25, -0.2) is 9.69 Å². The number of benzene rings is 1. The largest absolute Gasteiger partial charge is 0.497 e. The quantitative estimate of drug-likeness (QED) is 0.786. The Morgan fingerprint density at radius 2 is 1.90 bits per heavy atom. The summed E-state index contributed by atoms with van der Waals surface area (Å²) < 4.78 is 5.24. The molecule has 2 saturated heterocycles. The van der Waals surface area contributed by atoms with Gasteiger partial charge >= 0.3 is 6.03 Å². The van der Waals surface area contributed by atoms with Crippen LogP contribution in [0.5, 0.6) is 5.75 Å². The van der Waals surface area contributed by atoms with Crippen LogP contribution in [-0.4, -0.2) is 54.1 Å². The topological polar surface area (TPSA) is 61.9 Å². The molecular weight excluding hydrogens is 366 g/mol. The molecule has 0 aromatic heterocycles. The molecule has 1 spiro atoms. The van der Waals surface area contributed by atoms with Gasteiger partial charge in [0, 0.05) is 13.1 Å². The van der Waals surface area contributed by atoms with E-state index in [0.29, 0.717) is 18.5 Å². The number of methoxy groups -OCH3 is 1. The lowest BCUT2D eigenvalue weighted by atomic mass is 9.64. The Balaban J connectivity index is 1.42. The van der Waals surface area contributed by atoms with Crippen molar-refractivity contribution in [2.75, 3.05) is 26.9 Å². The molecule has 3 fully saturated rings. The predicted octanol–water partition coefficient (Wildman–Crippen LogP) is 3.58. The van der Waals surface area contributed by atoms with Crippen molar-refractivity contribution in [2.24, 2.45) is 11.3 Å². The number of urea groups is 1. The Bertz CT molecular complexity index is 791. The van der Waals surface area contributed by atoms with Gasteiger partial charge in [0.05, 0.1) is 13.8 Å². The molecule has 1 aliphatic carbocycles. The summed E-state index contributed by atoms with van der Waals surface area (Å²) >= 11 is 0. The molecule has 0 bridgehead atoms. The second kappa shape index (κ2) is 7.31. The van der Waals surface area contributed by atoms with Crippen LogP contribution in [0, 0.1) is 11.3 Å². The molecule has 3 unspecified atom stereocenters. The normalized spacial score (nSPS) is 32.1. The second-order valence-electron chi connectivity index (χ2n) is 10.1. The molecule has 158 valence electrons. The van der Waals surface area contributed by atoms with Crippen molar-refractivity contribution in [1.29, 1.82) is 0 Å². The number of likely N-dealkylation sites (tertiary alicyclic amines) is 1. The minimum absolute atomic E-state index is 0.0324. The highest BCUT2D eigenvalue weighted by molar-refractivity contribution is 6.07. The van der Waals surface area contributed by atoms with Crippen LogP contribution >= 0.6 is 0 Å². The summed E-state index contributed by atoms with van der Waals surface area (Å²) in [6.45, 7) is 8.72. The van der Waals surface area contributed by atoms with Crippen LogP contribution in [0.4, 0.5) is 4.79 Å². The van der Waals surface area contributed by atoms with Gasteiger partial charge in [-0.15, -0.1) is 0 Å². The van der Waals surface area contributed by atoms with Crippen LogP contribution in [0.1, 0.15) is 57.9 Å². The van der Waals surface area contributed by atoms with E-state index in [2.05, 4.69) is 43.1 Å². The van der Waals surface area contributed by atoms with Crippen molar-refractivity contribution in [1.82, 2.24) is 15.1 Å². The van der Waals surface area contributed by atoms with Crippen molar-refractivity contribution in [2.45, 2.75) is 57.9 Å². The molecule has 3 amide bonds. The highest BCUT2D eigenvalue weighted by Gasteiger charge is 2.56. The maximum absolute atomic E-state index is 13.3. The molecule has 4 rings (SSSR count). The summed E-state index contributed by atoms with van der Waals surface area (Å²) in [7, 11) is 1.67. The Morgan fingerprint density at radius 1 is 1.17 bits per heavy atom. The van der Waals surface area contributed by atoms with Crippen LogP contribution in [0.2, 0.25) is 0 Å². The van der Waals surface area contributed by atoms with Gasteiger partial charge in [0.15, 0.2) is 0 Å². The number of hydrogen-bond acceptors (Lipinski definition) is 4. The number of carbonyl (C=O) groups excluding carboxylic acids is 2. The van der Waals surface area contributed by atoms with E-state index < -0.39 is 5.54 Å². The summed E-state index contributed by atoms with van der Waals surface area (Å²) in [6, 6.07) is 7.98. The highest BCUT2D eigenvalue weighted by Crippen LogP contribution is 2.46. The highest BCUT2D eigenvalue weighted by atomic mass is 16.5. The molecular formula is C23H33N3O3. The van der Waals surface area contributed by atoms with Crippen LogP contribution in [0.3, 0.4) is 0 Å². The van der Waals surface area contributed by atoms with Gasteiger partial charge < -0.3 is 10.1 Å². The minimum Gasteiger partial charge on any atom is -0.497 e. The van der Waals surface area contributed by atoms with Crippen LogP contribution in [0.25, 0.3) is 0 Å². The fraction of sp³-hybridized carbons (Fsp3) is 0.652. The fourth-order valence-corrected chi connectivity index (χ4v) is 5.94. The molecule has 2 heterocycles. The average molecular weight is 400 g/mol. The molecule has 6 heteroatoms. The molecule has 3 atom stereocenters. The van der Waals surface area contributed by atoms with E-state index >= 15 is 0 Å². The minimum atomic E-state index is -0.715. The maximum Gasteiger partial charge on any atom is 0.326 e. The lowest BCUT2D eigenvalue weighted by Gasteiger charge is -2.43. The Morgan fingerprint density at radius 3 is 2.55 bits per heavy atom. The third-order valence-corrected chi connectivity index (χ3v) is 6.83. The fourth-order valence-electron chi connectivity index (χ4n) is 5.94. The standard InChI is InChI=1S/C23H33N3O3/c1-16-11-22(2,3)14-23(12-16)20(27)26(21(28)24-23)15-25-10-9-18(13-25)17-5-7-19(29-4)8-6-17/h5-8,16,18H,9-15H2,1-4H3,(H,24,28). The smallest absolute Gasteiger partial charge is 0.326 e. The van der Waals surface area contributed by atoms with Gasteiger partial charge in [0.25, 0.3) is 5.91 Å². The third kappa shape index (κ3) is 3.87. The van der Waals surface area contributed by atoms with Crippen molar-refractivity contribution in [3.63, 3.8) is 0 Å². The van der Waals surface area contributed by atoms with Crippen LogP contribution in [0.15, 0.2) is 24.3 Å². The molecule has 6 nitrogen and oxygen atoms in total. The van der Waals surface area contributed by atoms with E-state index in [-0.39, 0.29) is 17.4 Å². The predicted molar refractivity (Wildman–Crippen MR) is 112 cm³/mol. The first-order chi connectivity index (χ1) is 13.7. The summed E-state index contributed by atoms with van der Waals surface area (Å²) in [6.07, 6.45) is 3.59. The zero-order chi connectivity index (χ0) is 20.8.